The van der Waals surface area contributed by atoms with Crippen molar-refractivity contribution in [2.75, 3.05) is 23.0 Å². The lowest BCUT2D eigenvalue weighted by molar-refractivity contribution is 0.897. The number of hydrogen-bond donors (Lipinski definition) is 0. The fourth-order valence-corrected chi connectivity index (χ4v) is 22.4. The molecule has 4 aliphatic heterocycles. The van der Waals surface area contributed by atoms with E-state index in [4.69, 9.17) is 10.2 Å². The standard InChI is InChI=1S/C36H42N2S12/c1-5-9-17-39-29-30(40-18-10-6-2)48-35(47-29)33-43-25-15-13-23(21-27(25)45-33)37-38-24-14-16-26-28(22-24)46-34(44-26)36-49-31(41-19-11-7-3)32(50-36)42-20-12-8-4/h13-16,21-22H,5-12,17-20H2,1-4H3. The van der Waals surface area contributed by atoms with Gasteiger partial charge in [-0.05, 0) is 85.1 Å². The van der Waals surface area contributed by atoms with Crippen molar-refractivity contribution in [2.24, 2.45) is 10.2 Å². The first-order chi connectivity index (χ1) is 24.6. The van der Waals surface area contributed by atoms with Gasteiger partial charge >= 0.3 is 0 Å². The van der Waals surface area contributed by atoms with Crippen LogP contribution >= 0.6 is 141 Å². The van der Waals surface area contributed by atoms with Gasteiger partial charge in [0.25, 0.3) is 0 Å². The van der Waals surface area contributed by atoms with Gasteiger partial charge in [0.1, 0.15) is 0 Å². The second-order valence-electron chi connectivity index (χ2n) is 11.4. The SMILES string of the molecule is CCCCSC1=C(SCCCC)SC(=C2Sc3ccc(N=Nc4ccc5c(c4)SC(=C4SC(SCCCC)=C(SCCCC)S4)S5)cc3S2)S1. The van der Waals surface area contributed by atoms with Crippen LogP contribution in [0.1, 0.15) is 79.1 Å². The van der Waals surface area contributed by atoms with Crippen LogP contribution in [0.5, 0.6) is 0 Å². The largest absolute Gasteiger partial charge is 0.151 e. The van der Waals surface area contributed by atoms with E-state index in [0.29, 0.717) is 0 Å². The first-order valence-electron chi connectivity index (χ1n) is 17.2. The van der Waals surface area contributed by atoms with Crippen molar-refractivity contribution in [3.05, 3.63) is 70.3 Å². The van der Waals surface area contributed by atoms with E-state index in [9.17, 15) is 0 Å². The maximum absolute atomic E-state index is 4.71. The Morgan fingerprint density at radius 2 is 0.700 bits per heavy atom. The molecule has 2 aromatic carbocycles. The molecule has 2 nitrogen and oxygen atoms in total. The second kappa shape index (κ2) is 21.5. The molecule has 0 spiro atoms. The highest BCUT2D eigenvalue weighted by Crippen LogP contribution is 2.66. The van der Waals surface area contributed by atoms with Gasteiger partial charge in [-0.15, -0.1) is 47.0 Å². The molecule has 0 saturated heterocycles. The fraction of sp³-hybridized carbons (Fsp3) is 0.444. The predicted molar refractivity (Wildman–Crippen MR) is 248 cm³/mol. The number of unbranched alkanes of at least 4 members (excludes halogenated alkanes) is 4. The van der Waals surface area contributed by atoms with Gasteiger partial charge in [0.15, 0.2) is 0 Å². The zero-order chi connectivity index (χ0) is 34.7. The summed E-state index contributed by atoms with van der Waals surface area (Å²) in [5.41, 5.74) is 1.83. The van der Waals surface area contributed by atoms with Crippen LogP contribution in [-0.4, -0.2) is 23.0 Å². The normalized spacial score (nSPS) is 17.4. The number of fused-ring (bicyclic) bond motifs is 2. The minimum absolute atomic E-state index is 0.913. The van der Waals surface area contributed by atoms with Crippen molar-refractivity contribution in [1.82, 2.24) is 0 Å². The average Bonchev–Trinajstić information content (AvgIpc) is 3.92. The molecule has 0 bridgehead atoms. The van der Waals surface area contributed by atoms with Gasteiger partial charge in [0.05, 0.1) is 45.3 Å². The van der Waals surface area contributed by atoms with Gasteiger partial charge in [-0.2, -0.15) is 10.2 Å². The summed E-state index contributed by atoms with van der Waals surface area (Å²) >= 11 is 23.9. The van der Waals surface area contributed by atoms with Crippen LogP contribution in [0, 0.1) is 0 Å². The van der Waals surface area contributed by atoms with Crippen LogP contribution in [0.2, 0.25) is 0 Å². The quantitative estimate of drug-likeness (QED) is 0.105. The molecule has 2 aromatic rings. The molecule has 0 N–H and O–H groups in total. The molecule has 6 rings (SSSR count). The van der Waals surface area contributed by atoms with E-state index in [1.54, 1.807) is 0 Å². The predicted octanol–water partition coefficient (Wildman–Crippen LogP) is 18.1. The van der Waals surface area contributed by atoms with Crippen LogP contribution < -0.4 is 0 Å². The zero-order valence-electron chi connectivity index (χ0n) is 28.7. The fourth-order valence-electron chi connectivity index (χ4n) is 4.47. The Morgan fingerprint density at radius 1 is 0.400 bits per heavy atom. The van der Waals surface area contributed by atoms with E-state index in [2.05, 4.69) is 111 Å². The van der Waals surface area contributed by atoms with Crippen molar-refractivity contribution in [2.45, 2.75) is 98.6 Å². The van der Waals surface area contributed by atoms with Crippen LogP contribution in [0.4, 0.5) is 11.4 Å². The molecule has 0 aliphatic carbocycles. The Bertz CT molecular complexity index is 1510. The third-order valence-corrected chi connectivity index (χ3v) is 24.8. The van der Waals surface area contributed by atoms with Crippen molar-refractivity contribution >= 4 is 153 Å². The van der Waals surface area contributed by atoms with Gasteiger partial charge in [-0.3, -0.25) is 0 Å². The molecule has 4 heterocycles. The number of hydrogen-bond acceptors (Lipinski definition) is 14. The van der Waals surface area contributed by atoms with Crippen LogP contribution in [0.15, 0.2) is 100 Å². The Hall–Kier alpha value is 1.20. The van der Waals surface area contributed by atoms with Crippen LogP contribution in [0.3, 0.4) is 0 Å². The Kier molecular flexibility index (Phi) is 17.6. The summed E-state index contributed by atoms with van der Waals surface area (Å²) in [6, 6.07) is 13.1. The Morgan fingerprint density at radius 3 is 1.02 bits per heavy atom. The van der Waals surface area contributed by atoms with Crippen molar-refractivity contribution < 1.29 is 0 Å². The highest BCUT2D eigenvalue weighted by Gasteiger charge is 2.31. The van der Waals surface area contributed by atoms with Crippen molar-refractivity contribution in [3.8, 4) is 0 Å². The summed E-state index contributed by atoms with van der Waals surface area (Å²) in [7, 11) is 0. The average molecular weight is 888 g/mol. The molecule has 0 unspecified atom stereocenters. The molecule has 0 fully saturated rings. The monoisotopic (exact) mass is 886 g/mol. The van der Waals surface area contributed by atoms with Gasteiger partial charge in [-0.1, -0.05) is 147 Å². The van der Waals surface area contributed by atoms with Gasteiger partial charge in [-0.25, -0.2) is 0 Å². The van der Waals surface area contributed by atoms with E-state index in [0.717, 1.165) is 11.4 Å². The van der Waals surface area contributed by atoms with Crippen LogP contribution in [0.25, 0.3) is 0 Å². The van der Waals surface area contributed by atoms with Gasteiger partial charge in [0, 0.05) is 19.6 Å². The lowest BCUT2D eigenvalue weighted by Crippen LogP contribution is -1.80. The number of nitrogens with zero attached hydrogens (tertiary/aromatic N) is 2. The number of azo groups is 1. The van der Waals surface area contributed by atoms with Gasteiger partial charge in [0.2, 0.25) is 0 Å². The molecule has 0 saturated carbocycles. The number of thioether (sulfide) groups is 12. The molecule has 14 heteroatoms. The molecule has 4 aliphatic rings. The lowest BCUT2D eigenvalue weighted by Gasteiger charge is -2.03. The summed E-state index contributed by atoms with van der Waals surface area (Å²) in [6.45, 7) is 9.13. The maximum Gasteiger partial charge on any atom is 0.0869 e. The van der Waals surface area contributed by atoms with Gasteiger partial charge < -0.3 is 0 Å². The topological polar surface area (TPSA) is 24.7 Å². The number of rotatable bonds is 18. The van der Waals surface area contributed by atoms with E-state index in [1.807, 2.05) is 94.1 Å². The Balaban J connectivity index is 1.08. The second-order valence-corrected chi connectivity index (χ2v) is 26.2. The minimum Gasteiger partial charge on any atom is -0.151 e. The highest BCUT2D eigenvalue weighted by atomic mass is 32.3. The first-order valence-corrected chi connectivity index (χ1v) is 27.7. The summed E-state index contributed by atoms with van der Waals surface area (Å²) in [5.74, 6) is 4.85. The molecular formula is C36H42N2S12. The number of benzene rings is 2. The molecule has 0 atom stereocenters. The molecular weight excluding hydrogens is 845 g/mol. The third kappa shape index (κ3) is 11.4. The maximum atomic E-state index is 4.71. The summed E-state index contributed by atoms with van der Waals surface area (Å²) < 4.78 is 11.8. The summed E-state index contributed by atoms with van der Waals surface area (Å²) in [6.07, 6.45) is 10.1. The van der Waals surface area contributed by atoms with E-state index in [1.165, 1.54) is 128 Å². The van der Waals surface area contributed by atoms with E-state index >= 15 is 0 Å². The van der Waals surface area contributed by atoms with Crippen LogP contribution in [-0.2, 0) is 0 Å². The molecule has 0 amide bonds. The molecule has 0 aromatic heterocycles. The first kappa shape index (κ1) is 40.9. The highest BCUT2D eigenvalue weighted by molar-refractivity contribution is 8.43. The molecule has 50 heavy (non-hydrogen) atoms. The molecule has 0 radical (unpaired) electrons. The third-order valence-electron chi connectivity index (χ3n) is 7.28. The van der Waals surface area contributed by atoms with E-state index < -0.39 is 0 Å². The lowest BCUT2D eigenvalue weighted by atomic mass is 10.3. The zero-order valence-corrected chi connectivity index (χ0v) is 38.5. The minimum atomic E-state index is 0.913. The summed E-state index contributed by atoms with van der Waals surface area (Å²) in [5, 5.41) is 9.42. The Labute approximate surface area is 350 Å². The smallest absolute Gasteiger partial charge is 0.0869 e. The summed E-state index contributed by atoms with van der Waals surface area (Å²) in [4.78, 5) is 5.23. The van der Waals surface area contributed by atoms with Crippen molar-refractivity contribution in [1.29, 1.82) is 0 Å². The van der Waals surface area contributed by atoms with E-state index in [-0.39, 0.29) is 0 Å². The molecule has 268 valence electrons. The van der Waals surface area contributed by atoms with Crippen molar-refractivity contribution in [3.63, 3.8) is 0 Å².